The molecule has 4 heteroatoms. The van der Waals surface area contributed by atoms with Gasteiger partial charge in [-0.3, -0.25) is 4.79 Å². The van der Waals surface area contributed by atoms with E-state index in [4.69, 9.17) is 0 Å². The average molecular weight is 481 g/mol. The van der Waals surface area contributed by atoms with Crippen LogP contribution in [0.25, 0.3) is 0 Å². The summed E-state index contributed by atoms with van der Waals surface area (Å²) in [5.74, 6) is 0.273. The maximum Gasteiger partial charge on any atom is 2.00 e. The quantitative estimate of drug-likeness (QED) is 0.653. The van der Waals surface area contributed by atoms with Gasteiger partial charge in [-0.25, -0.2) is 0 Å². The standard InChI is InChI=1S/C15H17NO2.U/c1-10-13-7-12(17)8-14(13)15(18)16(10)9-11-5-3-2-4-6-11;/h2-6,9-10,12-14,17H,1,7-8H2;/q-2;+2/t10-,12?,13?,14?;/m1./s1. The molecule has 2 fully saturated rings. The van der Waals surface area contributed by atoms with Gasteiger partial charge < -0.3 is 16.9 Å². The minimum atomic E-state index is -0.327. The Bertz CT molecular complexity index is 451. The predicted molar refractivity (Wildman–Crippen MR) is 68.1 cm³/mol. The molecule has 1 aliphatic heterocycles. The molecule has 0 radical (unpaired) electrons. The molecule has 1 aliphatic carbocycles. The molecule has 3 nitrogen and oxygen atoms in total. The summed E-state index contributed by atoms with van der Waals surface area (Å²) in [5.41, 5.74) is 1.01. The van der Waals surface area contributed by atoms with E-state index in [0.29, 0.717) is 12.8 Å². The van der Waals surface area contributed by atoms with E-state index < -0.39 is 0 Å². The molecule has 19 heavy (non-hydrogen) atoms. The zero-order valence-electron chi connectivity index (χ0n) is 10.7. The van der Waals surface area contributed by atoms with Crippen LogP contribution in [0.2, 0.25) is 0 Å². The molecule has 1 aromatic carbocycles. The first-order chi connectivity index (χ1) is 8.66. The zero-order chi connectivity index (χ0) is 12.7. The maximum absolute atomic E-state index is 12.3. The number of carbonyl (C=O) groups excluding carboxylic acids is 1. The van der Waals surface area contributed by atoms with Gasteiger partial charge in [0.05, 0.1) is 6.10 Å². The van der Waals surface area contributed by atoms with Crippen LogP contribution in [0.3, 0.4) is 0 Å². The molecule has 3 unspecified atom stereocenters. The summed E-state index contributed by atoms with van der Waals surface area (Å²) in [6.45, 7) is 5.99. The van der Waals surface area contributed by atoms with Gasteiger partial charge in [-0.2, -0.15) is 17.7 Å². The second-order valence-electron chi connectivity index (χ2n) is 5.25. The minimum Gasteiger partial charge on any atom is -0.398 e. The smallest absolute Gasteiger partial charge is 0.398 e. The van der Waals surface area contributed by atoms with Gasteiger partial charge >= 0.3 is 31.1 Å². The molecule has 1 amide bonds. The summed E-state index contributed by atoms with van der Waals surface area (Å²) < 4.78 is 0. The molecule has 1 saturated heterocycles. The molecule has 1 saturated carbocycles. The minimum absolute atomic E-state index is 0. The third-order valence-corrected chi connectivity index (χ3v) is 4.10. The van der Waals surface area contributed by atoms with Crippen molar-refractivity contribution in [3.8, 4) is 0 Å². The monoisotopic (exact) mass is 481 g/mol. The topological polar surface area (TPSA) is 40.5 Å². The van der Waals surface area contributed by atoms with Gasteiger partial charge in [-0.05, 0) is 18.8 Å². The van der Waals surface area contributed by atoms with E-state index in [-0.39, 0.29) is 61.0 Å². The van der Waals surface area contributed by atoms with Crippen LogP contribution in [-0.2, 0) is 4.79 Å². The van der Waals surface area contributed by atoms with Crippen molar-refractivity contribution in [2.45, 2.75) is 25.0 Å². The first-order valence-corrected chi connectivity index (χ1v) is 6.40. The number of hydrogen-bond donors (Lipinski definition) is 1. The van der Waals surface area contributed by atoms with Crippen molar-refractivity contribution in [3.63, 3.8) is 0 Å². The zero-order valence-corrected chi connectivity index (χ0v) is 14.9. The van der Waals surface area contributed by atoms with Crippen molar-refractivity contribution in [2.24, 2.45) is 11.8 Å². The number of aliphatic hydroxyl groups is 1. The van der Waals surface area contributed by atoms with E-state index in [0.717, 1.165) is 5.56 Å². The fraction of sp³-hybridized carbons (Fsp3) is 0.400. The van der Waals surface area contributed by atoms with Crippen LogP contribution in [0.15, 0.2) is 30.3 Å². The summed E-state index contributed by atoms with van der Waals surface area (Å²) in [5, 5.41) is 9.64. The molecule has 1 N–H and O–H groups in total. The van der Waals surface area contributed by atoms with Crippen molar-refractivity contribution < 1.29 is 41.0 Å². The Morgan fingerprint density at radius 3 is 2.58 bits per heavy atom. The molecule has 0 spiro atoms. The van der Waals surface area contributed by atoms with E-state index in [9.17, 15) is 9.90 Å². The number of benzene rings is 1. The number of amides is 1. The van der Waals surface area contributed by atoms with E-state index in [1.807, 2.05) is 36.9 Å². The third-order valence-electron chi connectivity index (χ3n) is 4.10. The Morgan fingerprint density at radius 1 is 1.26 bits per heavy atom. The van der Waals surface area contributed by atoms with Crippen LogP contribution in [0.5, 0.6) is 0 Å². The number of aliphatic hydroxyl groups excluding tert-OH is 1. The second kappa shape index (κ2) is 5.91. The summed E-state index contributed by atoms with van der Waals surface area (Å²) >= 11 is 0. The van der Waals surface area contributed by atoms with Gasteiger partial charge in [0, 0.05) is 5.92 Å². The van der Waals surface area contributed by atoms with Crippen molar-refractivity contribution in [1.29, 1.82) is 0 Å². The Labute approximate surface area is 137 Å². The van der Waals surface area contributed by atoms with Crippen LogP contribution in [-0.4, -0.2) is 28.1 Å². The molecule has 1 aromatic rings. The normalized spacial score (nSPS) is 32.9. The average Bonchev–Trinajstić information content (AvgIpc) is 2.85. The van der Waals surface area contributed by atoms with Crippen molar-refractivity contribution >= 4 is 5.91 Å². The summed E-state index contributed by atoms with van der Waals surface area (Å²) in [6.07, 6.45) is 0.963. The van der Waals surface area contributed by atoms with Crippen molar-refractivity contribution in [2.75, 3.05) is 0 Å². The Morgan fingerprint density at radius 2 is 1.95 bits per heavy atom. The predicted octanol–water partition coefficient (Wildman–Crippen LogP) is 1.63. The number of hydrogen-bond acceptors (Lipinski definition) is 2. The first kappa shape index (κ1) is 15.0. The van der Waals surface area contributed by atoms with Crippen LogP contribution in [0.1, 0.15) is 18.4 Å². The van der Waals surface area contributed by atoms with Crippen LogP contribution in [0, 0.1) is 56.4 Å². The first-order valence-electron chi connectivity index (χ1n) is 6.40. The molecular weight excluding hydrogens is 464 g/mol. The fourth-order valence-corrected chi connectivity index (χ4v) is 3.17. The molecule has 0 bridgehead atoms. The Kier molecular flexibility index (Phi) is 4.66. The van der Waals surface area contributed by atoms with Crippen molar-refractivity contribution in [1.82, 2.24) is 4.90 Å². The molecule has 98 valence electrons. The third kappa shape index (κ3) is 2.72. The van der Waals surface area contributed by atoms with Gasteiger partial charge in [0.25, 0.3) is 0 Å². The Hall–Kier alpha value is -0.428. The van der Waals surface area contributed by atoms with E-state index in [2.05, 4.69) is 6.92 Å². The van der Waals surface area contributed by atoms with Gasteiger partial charge in [0.2, 0.25) is 5.91 Å². The molecule has 1 heterocycles. The SMILES string of the molecule is [CH2-][C@@H]1C2CC(O)CC2C(=O)N1[CH-]c1ccccc1.[U+2]. The maximum atomic E-state index is 12.3. The molecular formula is C15H17NO2U. The van der Waals surface area contributed by atoms with Crippen LogP contribution in [0.4, 0.5) is 0 Å². The fourth-order valence-electron chi connectivity index (χ4n) is 3.17. The Balaban J connectivity index is 0.00000133. The molecule has 3 rings (SSSR count). The van der Waals surface area contributed by atoms with Crippen LogP contribution >= 0.6 is 0 Å². The number of likely N-dealkylation sites (tertiary alicyclic amines) is 1. The summed E-state index contributed by atoms with van der Waals surface area (Å²) in [4.78, 5) is 14.0. The second-order valence-corrected chi connectivity index (χ2v) is 5.25. The van der Waals surface area contributed by atoms with Gasteiger partial charge in [-0.15, -0.1) is 12.1 Å². The van der Waals surface area contributed by atoms with Gasteiger partial charge in [0.1, 0.15) is 0 Å². The number of fused-ring (bicyclic) bond motifs is 1. The van der Waals surface area contributed by atoms with Crippen molar-refractivity contribution in [3.05, 3.63) is 49.4 Å². The number of nitrogens with zero attached hydrogens (tertiary/aromatic N) is 1. The summed E-state index contributed by atoms with van der Waals surface area (Å²) in [7, 11) is 0. The molecule has 0 aromatic heterocycles. The number of rotatable bonds is 2. The van der Waals surface area contributed by atoms with Gasteiger partial charge in [0.15, 0.2) is 0 Å². The van der Waals surface area contributed by atoms with E-state index >= 15 is 0 Å². The van der Waals surface area contributed by atoms with Crippen LogP contribution < -0.4 is 0 Å². The molecule has 2 aliphatic rings. The number of carbonyl (C=O) groups is 1. The molecule has 4 atom stereocenters. The largest absolute Gasteiger partial charge is 2.00 e. The van der Waals surface area contributed by atoms with E-state index in [1.54, 1.807) is 4.90 Å². The summed E-state index contributed by atoms with van der Waals surface area (Å²) in [6, 6.07) is 9.76. The van der Waals surface area contributed by atoms with E-state index in [1.165, 1.54) is 0 Å². The van der Waals surface area contributed by atoms with Gasteiger partial charge in [-0.1, -0.05) is 18.7 Å².